The van der Waals surface area contributed by atoms with Gasteiger partial charge in [-0.1, -0.05) is 17.7 Å². The molecule has 2 aromatic heterocycles. The van der Waals surface area contributed by atoms with Crippen molar-refractivity contribution < 1.29 is 4.74 Å². The minimum Gasteiger partial charge on any atom is -0.437 e. The van der Waals surface area contributed by atoms with Crippen molar-refractivity contribution in [2.24, 2.45) is 0 Å². The molecular weight excluding hydrogens is 254 g/mol. The van der Waals surface area contributed by atoms with Crippen molar-refractivity contribution >= 4 is 17.1 Å². The lowest BCUT2D eigenvalue weighted by Gasteiger charge is -2.10. The maximum atomic E-state index is 5.92. The van der Waals surface area contributed by atoms with Crippen LogP contribution >= 0.6 is 0 Å². The fraction of sp³-hybridized carbons (Fsp3) is 0.214. The topological polar surface area (TPSA) is 75.7 Å². The summed E-state index contributed by atoms with van der Waals surface area (Å²) in [4.78, 5) is 15.7. The van der Waals surface area contributed by atoms with Crippen LogP contribution in [0.15, 0.2) is 24.5 Å². The number of aromatic amines is 1. The fourth-order valence-electron chi connectivity index (χ4n) is 2.01. The number of nitrogens with zero attached hydrogens (tertiary/aromatic N) is 3. The van der Waals surface area contributed by atoms with Gasteiger partial charge in [0.1, 0.15) is 11.3 Å². The highest BCUT2D eigenvalue weighted by atomic mass is 16.5. The SMILES string of the molecule is CNc1nc(Oc2ccc(C)cc2C)c2[nH]cnc2n1. The molecule has 0 saturated heterocycles. The highest BCUT2D eigenvalue weighted by Crippen LogP contribution is 2.28. The molecule has 0 saturated carbocycles. The molecule has 0 unspecified atom stereocenters. The van der Waals surface area contributed by atoms with Gasteiger partial charge < -0.3 is 15.0 Å². The second-order valence-corrected chi connectivity index (χ2v) is 4.57. The molecule has 2 heterocycles. The number of H-pyrrole nitrogens is 1. The van der Waals surface area contributed by atoms with Gasteiger partial charge in [0, 0.05) is 7.05 Å². The Bertz CT molecular complexity index is 765. The first-order valence-electron chi connectivity index (χ1n) is 6.31. The Balaban J connectivity index is 2.07. The molecule has 0 spiro atoms. The molecule has 1 aromatic carbocycles. The lowest BCUT2D eigenvalue weighted by molar-refractivity contribution is 0.464. The van der Waals surface area contributed by atoms with E-state index < -0.39 is 0 Å². The predicted molar refractivity (Wildman–Crippen MR) is 77.2 cm³/mol. The van der Waals surface area contributed by atoms with E-state index in [0.29, 0.717) is 23.0 Å². The van der Waals surface area contributed by atoms with Crippen molar-refractivity contribution in [1.29, 1.82) is 0 Å². The summed E-state index contributed by atoms with van der Waals surface area (Å²) >= 11 is 0. The maximum Gasteiger partial charge on any atom is 0.250 e. The first-order chi connectivity index (χ1) is 9.67. The van der Waals surface area contributed by atoms with E-state index in [0.717, 1.165) is 11.3 Å². The van der Waals surface area contributed by atoms with Gasteiger partial charge >= 0.3 is 0 Å². The average Bonchev–Trinajstić information content (AvgIpc) is 2.90. The number of fused-ring (bicyclic) bond motifs is 1. The van der Waals surface area contributed by atoms with Crippen LogP contribution in [-0.4, -0.2) is 27.0 Å². The standard InChI is InChI=1S/C14H15N5O/c1-8-4-5-10(9(2)6-8)20-13-11-12(17-7-16-11)18-14(15-3)19-13/h4-7H,1-3H3,(H2,15,16,17,18,19). The van der Waals surface area contributed by atoms with Gasteiger partial charge in [-0.25, -0.2) is 4.98 Å². The molecule has 6 heteroatoms. The van der Waals surface area contributed by atoms with Gasteiger partial charge in [-0.3, -0.25) is 0 Å². The molecule has 0 amide bonds. The lowest BCUT2D eigenvalue weighted by Crippen LogP contribution is -2.00. The summed E-state index contributed by atoms with van der Waals surface area (Å²) < 4.78 is 5.92. The smallest absolute Gasteiger partial charge is 0.250 e. The van der Waals surface area contributed by atoms with Crippen LogP contribution in [0, 0.1) is 13.8 Å². The zero-order valence-electron chi connectivity index (χ0n) is 11.6. The van der Waals surface area contributed by atoms with Gasteiger partial charge in [-0.15, -0.1) is 0 Å². The zero-order valence-corrected chi connectivity index (χ0v) is 11.6. The Morgan fingerprint density at radius 3 is 2.80 bits per heavy atom. The molecule has 0 aliphatic rings. The molecule has 0 radical (unpaired) electrons. The number of imidazole rings is 1. The van der Waals surface area contributed by atoms with Crippen LogP contribution in [0.5, 0.6) is 11.6 Å². The van der Waals surface area contributed by atoms with Gasteiger partial charge in [0.05, 0.1) is 6.33 Å². The molecule has 0 bridgehead atoms. The lowest BCUT2D eigenvalue weighted by atomic mass is 10.1. The number of nitrogens with one attached hydrogen (secondary N) is 2. The molecule has 2 N–H and O–H groups in total. The second kappa shape index (κ2) is 4.80. The maximum absolute atomic E-state index is 5.92. The van der Waals surface area contributed by atoms with Crippen LogP contribution in [0.3, 0.4) is 0 Å². The zero-order chi connectivity index (χ0) is 14.1. The highest BCUT2D eigenvalue weighted by molar-refractivity contribution is 5.77. The summed E-state index contributed by atoms with van der Waals surface area (Å²) in [5.74, 6) is 1.71. The van der Waals surface area contributed by atoms with Gasteiger partial charge in [-0.05, 0) is 25.5 Å². The number of benzene rings is 1. The minimum atomic E-state index is 0.462. The molecule has 0 fully saturated rings. The van der Waals surface area contributed by atoms with E-state index in [1.54, 1.807) is 13.4 Å². The van der Waals surface area contributed by atoms with Crippen molar-refractivity contribution in [1.82, 2.24) is 19.9 Å². The van der Waals surface area contributed by atoms with Gasteiger partial charge in [-0.2, -0.15) is 9.97 Å². The summed E-state index contributed by atoms with van der Waals surface area (Å²) in [5.41, 5.74) is 3.51. The Labute approximate surface area is 116 Å². The number of hydrogen-bond donors (Lipinski definition) is 2. The van der Waals surface area contributed by atoms with E-state index in [9.17, 15) is 0 Å². The molecule has 102 valence electrons. The third-order valence-corrected chi connectivity index (χ3v) is 3.01. The Kier molecular flexibility index (Phi) is 2.98. The van der Waals surface area contributed by atoms with Crippen molar-refractivity contribution in [2.45, 2.75) is 13.8 Å². The van der Waals surface area contributed by atoms with E-state index in [-0.39, 0.29) is 0 Å². The molecular formula is C14H15N5O. The molecule has 0 atom stereocenters. The number of anilines is 1. The predicted octanol–water partition coefficient (Wildman–Crippen LogP) is 2.80. The van der Waals surface area contributed by atoms with Crippen molar-refractivity contribution in [3.8, 4) is 11.6 Å². The fourth-order valence-corrected chi connectivity index (χ4v) is 2.01. The van der Waals surface area contributed by atoms with Crippen LogP contribution in [0.2, 0.25) is 0 Å². The van der Waals surface area contributed by atoms with Crippen molar-refractivity contribution in [2.75, 3.05) is 12.4 Å². The number of hydrogen-bond acceptors (Lipinski definition) is 5. The second-order valence-electron chi connectivity index (χ2n) is 4.57. The van der Waals surface area contributed by atoms with Crippen molar-refractivity contribution in [3.63, 3.8) is 0 Å². The van der Waals surface area contributed by atoms with E-state index in [1.807, 2.05) is 26.0 Å². The molecule has 3 aromatic rings. The molecule has 0 aliphatic carbocycles. The summed E-state index contributed by atoms with van der Waals surface area (Å²) in [5, 5.41) is 2.90. The van der Waals surface area contributed by atoms with E-state index in [2.05, 4.69) is 31.3 Å². The van der Waals surface area contributed by atoms with Gasteiger partial charge in [0.2, 0.25) is 5.95 Å². The molecule has 20 heavy (non-hydrogen) atoms. The van der Waals surface area contributed by atoms with Crippen LogP contribution in [0.1, 0.15) is 11.1 Å². The third kappa shape index (κ3) is 2.16. The summed E-state index contributed by atoms with van der Waals surface area (Å²) in [6.45, 7) is 4.06. The number of aryl methyl sites for hydroxylation is 2. The first kappa shape index (κ1) is 12.4. The monoisotopic (exact) mass is 269 g/mol. The van der Waals surface area contributed by atoms with Crippen LogP contribution < -0.4 is 10.1 Å². The largest absolute Gasteiger partial charge is 0.437 e. The van der Waals surface area contributed by atoms with E-state index in [4.69, 9.17) is 4.74 Å². The Morgan fingerprint density at radius 2 is 2.05 bits per heavy atom. The van der Waals surface area contributed by atoms with Crippen molar-refractivity contribution in [3.05, 3.63) is 35.7 Å². The van der Waals surface area contributed by atoms with Crippen LogP contribution in [0.25, 0.3) is 11.2 Å². The Morgan fingerprint density at radius 1 is 1.20 bits per heavy atom. The van der Waals surface area contributed by atoms with Crippen LogP contribution in [0.4, 0.5) is 5.95 Å². The summed E-state index contributed by atoms with van der Waals surface area (Å²) in [7, 11) is 1.76. The Hall–Kier alpha value is -2.63. The molecule has 6 nitrogen and oxygen atoms in total. The van der Waals surface area contributed by atoms with E-state index >= 15 is 0 Å². The number of ether oxygens (including phenoxy) is 1. The van der Waals surface area contributed by atoms with Crippen LogP contribution in [-0.2, 0) is 0 Å². The first-order valence-corrected chi connectivity index (χ1v) is 6.31. The number of rotatable bonds is 3. The minimum absolute atomic E-state index is 0.462. The third-order valence-electron chi connectivity index (χ3n) is 3.01. The molecule has 0 aliphatic heterocycles. The molecule has 3 rings (SSSR count). The quantitative estimate of drug-likeness (QED) is 0.764. The van der Waals surface area contributed by atoms with Gasteiger partial charge in [0.25, 0.3) is 5.88 Å². The highest BCUT2D eigenvalue weighted by Gasteiger charge is 2.12. The van der Waals surface area contributed by atoms with E-state index in [1.165, 1.54) is 5.56 Å². The van der Waals surface area contributed by atoms with Gasteiger partial charge in [0.15, 0.2) is 5.65 Å². The summed E-state index contributed by atoms with van der Waals surface area (Å²) in [6, 6.07) is 6.01. The number of aromatic nitrogens is 4. The summed E-state index contributed by atoms with van der Waals surface area (Å²) in [6.07, 6.45) is 1.58. The average molecular weight is 269 g/mol. The normalized spacial score (nSPS) is 10.8.